The van der Waals surface area contributed by atoms with Gasteiger partial charge in [0.15, 0.2) is 5.96 Å². The van der Waals surface area contributed by atoms with E-state index in [-0.39, 0.29) is 17.8 Å². The molecule has 0 spiro atoms. The first-order chi connectivity index (χ1) is 12.6. The molecule has 6 nitrogen and oxygen atoms in total. The van der Waals surface area contributed by atoms with Gasteiger partial charge in [-0.1, -0.05) is 37.6 Å². The van der Waals surface area contributed by atoms with Gasteiger partial charge in [-0.05, 0) is 36.5 Å². The molecule has 8 heteroatoms. The van der Waals surface area contributed by atoms with E-state index in [1.807, 2.05) is 25.1 Å². The summed E-state index contributed by atoms with van der Waals surface area (Å²) in [4.78, 5) is 4.67. The van der Waals surface area contributed by atoms with Gasteiger partial charge < -0.3 is 15.4 Å². The summed E-state index contributed by atoms with van der Waals surface area (Å²) in [5, 5.41) is 7.16. The van der Waals surface area contributed by atoms with E-state index in [2.05, 4.69) is 35.5 Å². The summed E-state index contributed by atoms with van der Waals surface area (Å²) in [6.45, 7) is 8.97. The number of ether oxygens (including phenoxy) is 1. The fourth-order valence-electron chi connectivity index (χ4n) is 2.44. The average Bonchev–Trinajstić information content (AvgIpc) is 2.54. The van der Waals surface area contributed by atoms with Crippen molar-refractivity contribution in [3.63, 3.8) is 0 Å². The summed E-state index contributed by atoms with van der Waals surface area (Å²) < 4.78 is 27.4. The van der Waals surface area contributed by atoms with Crippen LogP contribution < -0.4 is 10.6 Å². The largest absolute Gasteiger partial charge is 0.379 e. The van der Waals surface area contributed by atoms with Crippen LogP contribution in [0.15, 0.2) is 29.3 Å². The lowest BCUT2D eigenvalue weighted by Gasteiger charge is -2.23. The molecule has 0 radical (unpaired) electrons. The first-order valence-corrected chi connectivity index (χ1v) is 11.6. The third-order valence-electron chi connectivity index (χ3n) is 3.72. The lowest BCUT2D eigenvalue weighted by Crippen LogP contribution is -2.40. The topological polar surface area (TPSA) is 79.8 Å². The predicted octanol–water partition coefficient (Wildman–Crippen LogP) is 2.53. The van der Waals surface area contributed by atoms with Crippen LogP contribution in [-0.4, -0.2) is 59.2 Å². The van der Waals surface area contributed by atoms with Crippen molar-refractivity contribution < 1.29 is 13.2 Å². The standard InChI is InChI=1S/C19H32ClN3O3S/c1-5-21-18(22-9-10-26-11-12-27(4,24)25)23-15-19(2,3)14-16-7-6-8-17(20)13-16/h6-8,13H,5,9-12,14-15H2,1-4H3,(H2,21,22,23). The highest BCUT2D eigenvalue weighted by atomic mass is 35.5. The molecule has 0 aliphatic heterocycles. The highest BCUT2D eigenvalue weighted by Gasteiger charge is 2.18. The SMILES string of the molecule is CCNC(=NCC(C)(C)Cc1cccc(Cl)c1)NCCOCCS(C)(=O)=O. The molecule has 0 amide bonds. The Labute approximate surface area is 168 Å². The molecule has 1 aromatic carbocycles. The number of sulfone groups is 1. The third-order valence-corrected chi connectivity index (χ3v) is 4.86. The van der Waals surface area contributed by atoms with E-state index in [1.54, 1.807) is 0 Å². The number of guanidine groups is 1. The molecule has 0 saturated carbocycles. The maximum atomic E-state index is 11.1. The van der Waals surface area contributed by atoms with Crippen molar-refractivity contribution in [3.8, 4) is 0 Å². The highest BCUT2D eigenvalue weighted by molar-refractivity contribution is 7.90. The first-order valence-electron chi connectivity index (χ1n) is 9.13. The quantitative estimate of drug-likeness (QED) is 0.328. The lowest BCUT2D eigenvalue weighted by atomic mass is 9.86. The Balaban J connectivity index is 2.46. The fraction of sp³-hybridized carbons (Fsp3) is 0.632. The van der Waals surface area contributed by atoms with Gasteiger partial charge >= 0.3 is 0 Å². The molecule has 0 aromatic heterocycles. The Bertz CT molecular complexity index is 706. The number of aliphatic imine (C=N–C) groups is 1. The van der Waals surface area contributed by atoms with Crippen LogP contribution in [-0.2, 0) is 21.0 Å². The maximum absolute atomic E-state index is 11.1. The highest BCUT2D eigenvalue weighted by Crippen LogP contribution is 2.23. The second-order valence-corrected chi connectivity index (χ2v) is 10.0. The normalized spacial score (nSPS) is 12.9. The van der Waals surface area contributed by atoms with E-state index in [1.165, 1.54) is 11.8 Å². The molecule has 0 aliphatic carbocycles. The second kappa shape index (κ2) is 11.5. The zero-order chi connectivity index (χ0) is 20.3. The van der Waals surface area contributed by atoms with E-state index in [0.717, 1.165) is 23.9 Å². The molecule has 0 unspecified atom stereocenters. The number of benzene rings is 1. The molecule has 0 bridgehead atoms. The van der Waals surface area contributed by atoms with Gasteiger partial charge in [0.25, 0.3) is 0 Å². The number of rotatable bonds is 11. The van der Waals surface area contributed by atoms with Crippen molar-refractivity contribution in [1.82, 2.24) is 10.6 Å². The van der Waals surface area contributed by atoms with Crippen LogP contribution in [0, 0.1) is 5.41 Å². The number of nitrogens with one attached hydrogen (secondary N) is 2. The molecule has 154 valence electrons. The molecule has 0 heterocycles. The number of nitrogens with zero attached hydrogens (tertiary/aromatic N) is 1. The lowest BCUT2D eigenvalue weighted by molar-refractivity contribution is 0.154. The van der Waals surface area contributed by atoms with Crippen LogP contribution in [0.1, 0.15) is 26.3 Å². The number of hydrogen-bond donors (Lipinski definition) is 2. The minimum absolute atomic E-state index is 0.0149. The average molecular weight is 418 g/mol. The van der Waals surface area contributed by atoms with Crippen molar-refractivity contribution in [2.24, 2.45) is 10.4 Å². The molecule has 0 fully saturated rings. The Morgan fingerprint density at radius 3 is 2.63 bits per heavy atom. The minimum atomic E-state index is -2.98. The van der Waals surface area contributed by atoms with Crippen molar-refractivity contribution in [3.05, 3.63) is 34.9 Å². The molecule has 0 aliphatic rings. The minimum Gasteiger partial charge on any atom is -0.379 e. The first kappa shape index (κ1) is 23.7. The number of hydrogen-bond acceptors (Lipinski definition) is 4. The van der Waals surface area contributed by atoms with Crippen molar-refractivity contribution >= 4 is 27.4 Å². The van der Waals surface area contributed by atoms with Gasteiger partial charge in [-0.15, -0.1) is 0 Å². The molecule has 1 rings (SSSR count). The summed E-state index contributed by atoms with van der Waals surface area (Å²) in [7, 11) is -2.98. The summed E-state index contributed by atoms with van der Waals surface area (Å²) in [6.07, 6.45) is 2.08. The Hall–Kier alpha value is -1.31. The summed E-state index contributed by atoms with van der Waals surface area (Å²) in [6, 6.07) is 7.91. The summed E-state index contributed by atoms with van der Waals surface area (Å²) >= 11 is 6.07. The van der Waals surface area contributed by atoms with Crippen LogP contribution in [0.5, 0.6) is 0 Å². The fourth-order valence-corrected chi connectivity index (χ4v) is 3.08. The zero-order valence-electron chi connectivity index (χ0n) is 16.7. The maximum Gasteiger partial charge on any atom is 0.191 e. The molecule has 0 atom stereocenters. The van der Waals surface area contributed by atoms with Crippen LogP contribution in [0.2, 0.25) is 5.02 Å². The molecule has 0 saturated heterocycles. The molecule has 2 N–H and O–H groups in total. The van der Waals surface area contributed by atoms with Crippen LogP contribution >= 0.6 is 11.6 Å². The third kappa shape index (κ3) is 11.9. The number of halogens is 1. The van der Waals surface area contributed by atoms with Crippen molar-refractivity contribution in [2.75, 3.05) is 44.9 Å². The van der Waals surface area contributed by atoms with E-state index >= 15 is 0 Å². The smallest absolute Gasteiger partial charge is 0.191 e. The van der Waals surface area contributed by atoms with Crippen molar-refractivity contribution in [2.45, 2.75) is 27.2 Å². The predicted molar refractivity (Wildman–Crippen MR) is 113 cm³/mol. The van der Waals surface area contributed by atoms with Gasteiger partial charge in [0.2, 0.25) is 0 Å². The molecule has 1 aromatic rings. The Kier molecular flexibility index (Phi) is 10.1. The molecular weight excluding hydrogens is 386 g/mol. The Morgan fingerprint density at radius 1 is 1.26 bits per heavy atom. The second-order valence-electron chi connectivity index (χ2n) is 7.34. The van der Waals surface area contributed by atoms with Crippen molar-refractivity contribution in [1.29, 1.82) is 0 Å². The Morgan fingerprint density at radius 2 is 2.00 bits per heavy atom. The van der Waals surface area contributed by atoms with Gasteiger partial charge in [0.05, 0.1) is 19.0 Å². The summed E-state index contributed by atoms with van der Waals surface area (Å²) in [5.74, 6) is 0.766. The van der Waals surface area contributed by atoms with E-state index < -0.39 is 9.84 Å². The molecular formula is C19H32ClN3O3S. The van der Waals surface area contributed by atoms with Crippen LogP contribution in [0.4, 0.5) is 0 Å². The zero-order valence-corrected chi connectivity index (χ0v) is 18.3. The van der Waals surface area contributed by atoms with E-state index in [0.29, 0.717) is 19.7 Å². The van der Waals surface area contributed by atoms with E-state index in [9.17, 15) is 8.42 Å². The van der Waals surface area contributed by atoms with Gasteiger partial charge in [-0.2, -0.15) is 0 Å². The van der Waals surface area contributed by atoms with Crippen LogP contribution in [0.3, 0.4) is 0 Å². The van der Waals surface area contributed by atoms with Gasteiger partial charge in [-0.25, -0.2) is 8.42 Å². The summed E-state index contributed by atoms with van der Waals surface area (Å²) in [5.41, 5.74) is 1.18. The van der Waals surface area contributed by atoms with Crippen LogP contribution in [0.25, 0.3) is 0 Å². The van der Waals surface area contributed by atoms with E-state index in [4.69, 9.17) is 16.3 Å². The van der Waals surface area contributed by atoms with Gasteiger partial charge in [0.1, 0.15) is 9.84 Å². The van der Waals surface area contributed by atoms with Gasteiger partial charge in [0, 0.05) is 30.9 Å². The monoisotopic (exact) mass is 417 g/mol. The molecule has 27 heavy (non-hydrogen) atoms. The van der Waals surface area contributed by atoms with Gasteiger partial charge in [-0.3, -0.25) is 4.99 Å².